The number of nitrogens with zero attached hydrogens (tertiary/aromatic N) is 1. The minimum atomic E-state index is -0.636. The Kier molecular flexibility index (Phi) is 7.26. The van der Waals surface area contributed by atoms with Crippen molar-refractivity contribution < 1.29 is 19.5 Å². The zero-order valence-corrected chi connectivity index (χ0v) is 20.6. The summed E-state index contributed by atoms with van der Waals surface area (Å²) in [4.78, 5) is 42.0. The molecule has 3 amide bonds. The van der Waals surface area contributed by atoms with Crippen LogP contribution in [0.3, 0.4) is 0 Å². The molecule has 6 atom stereocenters. The average molecular weight is 494 g/mol. The number of amides is 3. The second-order valence-electron chi connectivity index (χ2n) is 9.33. The number of nitrogens with one attached hydrogen (secondary N) is 2. The van der Waals surface area contributed by atoms with E-state index in [2.05, 4.69) is 17.6 Å². The lowest BCUT2D eigenvalue weighted by molar-refractivity contribution is -0.139. The number of rotatable bonds is 9. The molecule has 3 aliphatic heterocycles. The molecule has 33 heavy (non-hydrogen) atoms. The Labute approximate surface area is 204 Å². The van der Waals surface area contributed by atoms with Crippen LogP contribution in [0.4, 0.5) is 5.69 Å². The van der Waals surface area contributed by atoms with Crippen molar-refractivity contribution >= 4 is 46.8 Å². The summed E-state index contributed by atoms with van der Waals surface area (Å²) in [5.74, 6) is -1.16. The van der Waals surface area contributed by atoms with E-state index < -0.39 is 22.6 Å². The van der Waals surface area contributed by atoms with Gasteiger partial charge < -0.3 is 20.6 Å². The number of benzene rings is 1. The lowest BCUT2D eigenvalue weighted by Crippen LogP contribution is -2.55. The van der Waals surface area contributed by atoms with E-state index in [-0.39, 0.29) is 35.5 Å². The third-order valence-corrected chi connectivity index (χ3v) is 9.79. The molecular weight excluding hydrogens is 462 g/mol. The van der Waals surface area contributed by atoms with Crippen molar-refractivity contribution in [1.29, 1.82) is 0 Å². The summed E-state index contributed by atoms with van der Waals surface area (Å²) in [6, 6.07) is 6.31. The molecule has 180 valence electrons. The van der Waals surface area contributed by atoms with Crippen molar-refractivity contribution in [3.63, 3.8) is 0 Å². The van der Waals surface area contributed by atoms with E-state index in [1.807, 2.05) is 0 Å². The summed E-state index contributed by atoms with van der Waals surface area (Å²) in [5, 5.41) is 15.4. The molecule has 0 aromatic heterocycles. The topological polar surface area (TPSA) is 98.7 Å². The number of hydrogen-bond acceptors (Lipinski definition) is 5. The SMILES string of the molecule is CNC(=O)[C@@H]1[C@H]2C(=O)N(CCCCCCO)C(C(=O)Nc3ccc(Cl)cc3)C23S[C@@H]1CC3C. The van der Waals surface area contributed by atoms with E-state index in [1.54, 1.807) is 48.0 Å². The van der Waals surface area contributed by atoms with Gasteiger partial charge in [-0.1, -0.05) is 31.4 Å². The first-order valence-corrected chi connectivity index (χ1v) is 13.0. The maximum atomic E-state index is 13.8. The molecule has 2 bridgehead atoms. The van der Waals surface area contributed by atoms with E-state index >= 15 is 0 Å². The minimum absolute atomic E-state index is 0.0476. The Balaban J connectivity index is 1.64. The molecule has 1 aromatic carbocycles. The third-order valence-electron chi connectivity index (χ3n) is 7.46. The Morgan fingerprint density at radius 3 is 2.55 bits per heavy atom. The second kappa shape index (κ2) is 9.84. The van der Waals surface area contributed by atoms with Crippen LogP contribution in [0.1, 0.15) is 39.0 Å². The number of hydrogen-bond donors (Lipinski definition) is 3. The Bertz CT molecular complexity index is 913. The van der Waals surface area contributed by atoms with E-state index in [1.165, 1.54) is 0 Å². The smallest absolute Gasteiger partial charge is 0.248 e. The fourth-order valence-electron chi connectivity index (χ4n) is 6.02. The highest BCUT2D eigenvalue weighted by atomic mass is 35.5. The van der Waals surface area contributed by atoms with Gasteiger partial charge in [0, 0.05) is 36.2 Å². The number of aliphatic hydroxyl groups is 1. The molecule has 1 aromatic rings. The summed E-state index contributed by atoms with van der Waals surface area (Å²) in [5.41, 5.74) is 0.632. The van der Waals surface area contributed by atoms with E-state index in [0.29, 0.717) is 17.3 Å². The first-order valence-electron chi connectivity index (χ1n) is 11.7. The van der Waals surface area contributed by atoms with Gasteiger partial charge in [-0.15, -0.1) is 11.8 Å². The van der Waals surface area contributed by atoms with Crippen LogP contribution in [-0.2, 0) is 14.4 Å². The highest BCUT2D eigenvalue weighted by Crippen LogP contribution is 2.68. The number of aliphatic hydroxyl groups excluding tert-OH is 1. The van der Waals surface area contributed by atoms with Gasteiger partial charge >= 0.3 is 0 Å². The normalized spacial score (nSPS) is 32.2. The fraction of sp³-hybridized carbons (Fsp3) is 0.625. The predicted molar refractivity (Wildman–Crippen MR) is 130 cm³/mol. The van der Waals surface area contributed by atoms with Gasteiger partial charge in [0.15, 0.2) is 0 Å². The number of anilines is 1. The zero-order chi connectivity index (χ0) is 23.8. The van der Waals surface area contributed by atoms with E-state index in [4.69, 9.17) is 16.7 Å². The average Bonchev–Trinajstić information content (AvgIpc) is 3.38. The van der Waals surface area contributed by atoms with Crippen molar-refractivity contribution in [3.05, 3.63) is 29.3 Å². The summed E-state index contributed by atoms with van der Waals surface area (Å²) >= 11 is 7.67. The molecule has 7 nitrogen and oxygen atoms in total. The van der Waals surface area contributed by atoms with Crippen LogP contribution < -0.4 is 10.6 Å². The molecular formula is C24H32ClN3O4S. The number of fused-ring (bicyclic) bond motifs is 1. The molecule has 3 N–H and O–H groups in total. The van der Waals surface area contributed by atoms with Crippen LogP contribution in [0, 0.1) is 17.8 Å². The van der Waals surface area contributed by atoms with Gasteiger partial charge in [0.05, 0.1) is 16.6 Å². The van der Waals surface area contributed by atoms with Crippen molar-refractivity contribution in [1.82, 2.24) is 10.2 Å². The molecule has 3 fully saturated rings. The Morgan fingerprint density at radius 2 is 1.88 bits per heavy atom. The molecule has 3 unspecified atom stereocenters. The Morgan fingerprint density at radius 1 is 1.18 bits per heavy atom. The van der Waals surface area contributed by atoms with Crippen LogP contribution in [0.15, 0.2) is 24.3 Å². The van der Waals surface area contributed by atoms with Gasteiger partial charge in [-0.25, -0.2) is 0 Å². The molecule has 3 heterocycles. The summed E-state index contributed by atoms with van der Waals surface area (Å²) < 4.78 is -0.611. The third kappa shape index (κ3) is 4.15. The quantitative estimate of drug-likeness (QED) is 0.459. The van der Waals surface area contributed by atoms with Gasteiger partial charge in [0.25, 0.3) is 0 Å². The molecule has 0 saturated carbocycles. The maximum absolute atomic E-state index is 13.8. The standard InChI is InChI=1S/C24H32ClN3O4S/c1-14-13-17-18(21(30)26-2)19-23(32)28(11-5-3-4-6-12-29)20(24(14,19)33-17)22(31)27-16-9-7-15(25)8-10-16/h7-10,14,17-20,29H,3-6,11-13H2,1-2H3,(H,26,30)(H,27,31)/t14?,17-,18+,19+,20?,24?/m1/s1. The van der Waals surface area contributed by atoms with Gasteiger partial charge in [-0.3, -0.25) is 14.4 Å². The van der Waals surface area contributed by atoms with Crippen LogP contribution in [0.25, 0.3) is 0 Å². The van der Waals surface area contributed by atoms with Gasteiger partial charge in [-0.05, 0) is 49.4 Å². The molecule has 9 heteroatoms. The number of halogens is 1. The highest BCUT2D eigenvalue weighted by Gasteiger charge is 2.75. The van der Waals surface area contributed by atoms with Crippen molar-refractivity contribution in [3.8, 4) is 0 Å². The van der Waals surface area contributed by atoms with E-state index in [0.717, 1.165) is 32.1 Å². The number of carbonyl (C=O) groups is 3. The molecule has 0 aliphatic carbocycles. The van der Waals surface area contributed by atoms with Crippen molar-refractivity contribution in [2.45, 2.75) is 55.1 Å². The predicted octanol–water partition coefficient (Wildman–Crippen LogP) is 2.91. The summed E-state index contributed by atoms with van der Waals surface area (Å²) in [7, 11) is 1.61. The fourth-order valence-corrected chi connectivity index (χ4v) is 8.57. The van der Waals surface area contributed by atoms with Gasteiger partial charge in [-0.2, -0.15) is 0 Å². The Hall–Kier alpha value is -1.77. The lowest BCUT2D eigenvalue weighted by Gasteiger charge is -2.38. The number of thioether (sulfide) groups is 1. The first kappa shape index (κ1) is 24.4. The summed E-state index contributed by atoms with van der Waals surface area (Å²) in [6.07, 6.45) is 4.06. The number of likely N-dealkylation sites (tertiary alicyclic amines) is 1. The lowest BCUT2D eigenvalue weighted by atomic mass is 9.66. The van der Waals surface area contributed by atoms with Crippen molar-refractivity contribution in [2.24, 2.45) is 17.8 Å². The monoisotopic (exact) mass is 493 g/mol. The van der Waals surface area contributed by atoms with Crippen LogP contribution in [0.5, 0.6) is 0 Å². The van der Waals surface area contributed by atoms with Crippen LogP contribution in [-0.4, -0.2) is 64.0 Å². The molecule has 0 radical (unpaired) electrons. The number of unbranched alkanes of at least 4 members (excludes halogenated alkanes) is 3. The van der Waals surface area contributed by atoms with Crippen LogP contribution in [0.2, 0.25) is 5.02 Å². The van der Waals surface area contributed by atoms with E-state index in [9.17, 15) is 14.4 Å². The minimum Gasteiger partial charge on any atom is -0.396 e. The zero-order valence-electron chi connectivity index (χ0n) is 19.1. The molecule has 1 spiro atoms. The first-order chi connectivity index (χ1) is 15.8. The van der Waals surface area contributed by atoms with Crippen molar-refractivity contribution in [2.75, 3.05) is 25.5 Å². The second-order valence-corrected chi connectivity index (χ2v) is 11.3. The number of carbonyl (C=O) groups excluding carboxylic acids is 3. The molecule has 4 rings (SSSR count). The van der Waals surface area contributed by atoms with Gasteiger partial charge in [0.2, 0.25) is 17.7 Å². The van der Waals surface area contributed by atoms with Crippen LogP contribution >= 0.6 is 23.4 Å². The largest absolute Gasteiger partial charge is 0.396 e. The molecule has 3 saturated heterocycles. The van der Waals surface area contributed by atoms with Gasteiger partial charge in [0.1, 0.15) is 6.04 Å². The highest BCUT2D eigenvalue weighted by molar-refractivity contribution is 8.02. The summed E-state index contributed by atoms with van der Waals surface area (Å²) in [6.45, 7) is 2.74. The molecule has 3 aliphatic rings. The maximum Gasteiger partial charge on any atom is 0.248 e.